The van der Waals surface area contributed by atoms with Crippen molar-refractivity contribution in [3.8, 4) is 5.75 Å². The molecule has 0 unspecified atom stereocenters. The maximum atomic E-state index is 12.9. The van der Waals surface area contributed by atoms with E-state index in [1.54, 1.807) is 13.0 Å². The number of ether oxygens (including phenoxy) is 1. The molecular weight excluding hydrogens is 416 g/mol. The molecule has 7 nitrogen and oxygen atoms in total. The molecule has 0 aliphatic carbocycles. The van der Waals surface area contributed by atoms with Crippen LogP contribution in [0.25, 0.3) is 0 Å². The molecule has 2 fully saturated rings. The molecule has 0 spiro atoms. The number of piperidine rings is 1. The lowest BCUT2D eigenvalue weighted by Gasteiger charge is -2.32. The Kier molecular flexibility index (Phi) is 6.80. The van der Waals surface area contributed by atoms with E-state index >= 15 is 0 Å². The predicted molar refractivity (Wildman–Crippen MR) is 118 cm³/mol. The molecule has 4 rings (SSSR count). The van der Waals surface area contributed by atoms with Crippen LogP contribution in [0.3, 0.4) is 0 Å². The van der Waals surface area contributed by atoms with E-state index in [2.05, 4.69) is 16.3 Å². The summed E-state index contributed by atoms with van der Waals surface area (Å²) >= 11 is 5.98. The number of carbonyl (C=O) groups is 2. The summed E-state index contributed by atoms with van der Waals surface area (Å²) in [4.78, 5) is 28.2. The summed E-state index contributed by atoms with van der Waals surface area (Å²) in [5.74, 6) is 1.38. The third-order valence-corrected chi connectivity index (χ3v) is 6.53. The second kappa shape index (κ2) is 9.73. The molecule has 8 heteroatoms. The lowest BCUT2D eigenvalue weighted by molar-refractivity contribution is -0.139. The van der Waals surface area contributed by atoms with E-state index < -0.39 is 0 Å². The number of aromatic nitrogens is 2. The predicted octanol–water partition coefficient (Wildman–Crippen LogP) is 3.26. The Bertz CT molecular complexity index is 923. The van der Waals surface area contributed by atoms with Crippen LogP contribution < -0.4 is 4.74 Å². The van der Waals surface area contributed by atoms with E-state index in [0.29, 0.717) is 24.7 Å². The third kappa shape index (κ3) is 5.39. The van der Waals surface area contributed by atoms with Crippen molar-refractivity contribution in [2.75, 3.05) is 32.8 Å². The zero-order valence-electron chi connectivity index (χ0n) is 17.8. The minimum Gasteiger partial charge on any atom is -0.493 e. The first-order valence-electron chi connectivity index (χ1n) is 11.0. The molecule has 0 saturated carbocycles. The number of nitrogens with zero attached hydrogens (tertiary/aromatic N) is 3. The molecule has 1 aromatic heterocycles. The minimum atomic E-state index is 0.0349. The fraction of sp³-hybridized carbons (Fsp3) is 0.522. The van der Waals surface area contributed by atoms with E-state index in [9.17, 15) is 9.59 Å². The summed E-state index contributed by atoms with van der Waals surface area (Å²) in [5, 5.41) is 8.25. The van der Waals surface area contributed by atoms with Gasteiger partial charge in [-0.25, -0.2) is 0 Å². The molecule has 1 atom stereocenters. The molecule has 0 bridgehead atoms. The van der Waals surface area contributed by atoms with Crippen molar-refractivity contribution >= 4 is 23.4 Å². The third-order valence-electron chi connectivity index (χ3n) is 6.29. The number of halogens is 1. The van der Waals surface area contributed by atoms with Gasteiger partial charge in [0.05, 0.1) is 12.3 Å². The number of rotatable bonds is 6. The fourth-order valence-corrected chi connectivity index (χ4v) is 4.63. The van der Waals surface area contributed by atoms with E-state index in [-0.39, 0.29) is 23.7 Å². The summed E-state index contributed by atoms with van der Waals surface area (Å²) in [6.45, 7) is 4.99. The van der Waals surface area contributed by atoms with Crippen molar-refractivity contribution < 1.29 is 14.3 Å². The van der Waals surface area contributed by atoms with Gasteiger partial charge in [-0.05, 0) is 43.5 Å². The Morgan fingerprint density at radius 1 is 1.16 bits per heavy atom. The summed E-state index contributed by atoms with van der Waals surface area (Å²) in [6, 6.07) is 9.46. The van der Waals surface area contributed by atoms with Gasteiger partial charge in [0.15, 0.2) is 0 Å². The number of hydrogen-bond acceptors (Lipinski definition) is 4. The Balaban J connectivity index is 1.24. The topological polar surface area (TPSA) is 78.5 Å². The Labute approximate surface area is 187 Å². The van der Waals surface area contributed by atoms with Gasteiger partial charge in [0.25, 0.3) is 0 Å². The molecule has 166 valence electrons. The van der Waals surface area contributed by atoms with Gasteiger partial charge in [-0.2, -0.15) is 5.10 Å². The number of carbonyl (C=O) groups excluding carboxylic acids is 2. The van der Waals surface area contributed by atoms with Gasteiger partial charge in [0.2, 0.25) is 11.8 Å². The Morgan fingerprint density at radius 3 is 2.68 bits per heavy atom. The average Bonchev–Trinajstić information content (AvgIpc) is 3.43. The van der Waals surface area contributed by atoms with Crippen LogP contribution in [0, 0.1) is 5.92 Å². The van der Waals surface area contributed by atoms with Gasteiger partial charge in [0.1, 0.15) is 5.75 Å². The Hall–Kier alpha value is -2.54. The van der Waals surface area contributed by atoms with E-state index in [0.717, 1.165) is 55.9 Å². The van der Waals surface area contributed by atoms with Gasteiger partial charge < -0.3 is 14.5 Å². The van der Waals surface area contributed by atoms with Gasteiger partial charge >= 0.3 is 0 Å². The zero-order valence-corrected chi connectivity index (χ0v) is 18.6. The van der Waals surface area contributed by atoms with Crippen LogP contribution >= 0.6 is 11.6 Å². The van der Waals surface area contributed by atoms with Gasteiger partial charge in [0, 0.05) is 62.1 Å². The largest absolute Gasteiger partial charge is 0.493 e. The molecule has 31 heavy (non-hydrogen) atoms. The van der Waals surface area contributed by atoms with Crippen LogP contribution in [-0.4, -0.2) is 64.6 Å². The second-order valence-electron chi connectivity index (χ2n) is 8.42. The lowest BCUT2D eigenvalue weighted by Crippen LogP contribution is -2.43. The number of hydrogen-bond donors (Lipinski definition) is 1. The fourth-order valence-electron chi connectivity index (χ4n) is 4.45. The summed E-state index contributed by atoms with van der Waals surface area (Å²) in [7, 11) is 0. The monoisotopic (exact) mass is 444 g/mol. The second-order valence-corrected chi connectivity index (χ2v) is 8.86. The molecule has 0 radical (unpaired) electrons. The minimum absolute atomic E-state index is 0.0349. The number of H-pyrrole nitrogens is 1. The Morgan fingerprint density at radius 2 is 1.94 bits per heavy atom. The zero-order chi connectivity index (χ0) is 21.8. The molecule has 1 N–H and O–H groups in total. The van der Waals surface area contributed by atoms with Crippen LogP contribution in [0.4, 0.5) is 0 Å². The first-order valence-corrected chi connectivity index (χ1v) is 11.3. The normalized spacial score (nSPS) is 19.6. The molecule has 2 aliphatic rings. The average molecular weight is 445 g/mol. The number of likely N-dealkylation sites (tertiary alicyclic amines) is 2. The highest BCUT2D eigenvalue weighted by Crippen LogP contribution is 2.29. The van der Waals surface area contributed by atoms with Gasteiger partial charge in [-0.3, -0.25) is 14.7 Å². The first-order chi connectivity index (χ1) is 15.0. The van der Waals surface area contributed by atoms with Crippen molar-refractivity contribution in [1.82, 2.24) is 20.0 Å². The highest BCUT2D eigenvalue weighted by Gasteiger charge is 2.34. The van der Waals surface area contributed by atoms with Crippen LogP contribution in [0.15, 0.2) is 30.3 Å². The van der Waals surface area contributed by atoms with Crippen molar-refractivity contribution in [2.24, 2.45) is 5.92 Å². The number of benzene rings is 1. The van der Waals surface area contributed by atoms with E-state index in [4.69, 9.17) is 16.3 Å². The van der Waals surface area contributed by atoms with E-state index in [1.807, 2.05) is 28.0 Å². The molecule has 2 aromatic rings. The molecule has 1 aromatic carbocycles. The van der Waals surface area contributed by atoms with Crippen LogP contribution in [0.2, 0.25) is 5.02 Å². The number of nitrogens with one attached hydrogen (secondary N) is 1. The van der Waals surface area contributed by atoms with Crippen molar-refractivity contribution in [3.05, 3.63) is 46.7 Å². The standard InChI is InChI=1S/C23H29ClN4O3/c1-16(29)27-9-5-17(6-10-27)23(30)28-11-7-18(15-28)22-14-20(25-26-22)8-12-31-21-4-2-3-19(24)13-21/h2-4,13-14,17-18H,5-12,15H2,1H3,(H,25,26)/t18-/m0/s1. The molecule has 3 heterocycles. The number of amides is 2. The van der Waals surface area contributed by atoms with Crippen LogP contribution in [0.5, 0.6) is 5.75 Å². The first kappa shape index (κ1) is 21.7. The quantitative estimate of drug-likeness (QED) is 0.741. The highest BCUT2D eigenvalue weighted by atomic mass is 35.5. The van der Waals surface area contributed by atoms with Crippen molar-refractivity contribution in [1.29, 1.82) is 0 Å². The van der Waals surface area contributed by atoms with Crippen LogP contribution in [0.1, 0.15) is 43.5 Å². The smallest absolute Gasteiger partial charge is 0.225 e. The van der Waals surface area contributed by atoms with E-state index in [1.165, 1.54) is 0 Å². The van der Waals surface area contributed by atoms with Crippen LogP contribution in [-0.2, 0) is 16.0 Å². The summed E-state index contributed by atoms with van der Waals surface area (Å²) in [5.41, 5.74) is 2.04. The number of aromatic amines is 1. The molecular formula is C23H29ClN4O3. The molecule has 2 amide bonds. The van der Waals surface area contributed by atoms with Gasteiger partial charge in [-0.1, -0.05) is 17.7 Å². The summed E-state index contributed by atoms with van der Waals surface area (Å²) < 4.78 is 5.75. The summed E-state index contributed by atoms with van der Waals surface area (Å²) in [6.07, 6.45) is 3.18. The van der Waals surface area contributed by atoms with Crippen molar-refractivity contribution in [3.63, 3.8) is 0 Å². The lowest BCUT2D eigenvalue weighted by atomic mass is 9.95. The molecule has 2 saturated heterocycles. The maximum absolute atomic E-state index is 12.9. The van der Waals surface area contributed by atoms with Gasteiger partial charge in [-0.15, -0.1) is 0 Å². The highest BCUT2D eigenvalue weighted by molar-refractivity contribution is 6.30. The molecule has 2 aliphatic heterocycles. The maximum Gasteiger partial charge on any atom is 0.225 e. The SMILES string of the molecule is CC(=O)N1CCC(C(=O)N2CC[C@H](c3cc(CCOc4cccc(Cl)c4)[nH]n3)C2)CC1. The van der Waals surface area contributed by atoms with Crippen molar-refractivity contribution in [2.45, 2.75) is 38.5 Å².